The number of carbonyl (C=O) groups is 1. The average molecular weight is 250 g/mol. The van der Waals surface area contributed by atoms with E-state index in [0.717, 1.165) is 24.0 Å². The number of hydrogen-bond donors (Lipinski definition) is 0. The van der Waals surface area contributed by atoms with Crippen LogP contribution in [0, 0.1) is 0 Å². The van der Waals surface area contributed by atoms with E-state index < -0.39 is 0 Å². The first-order chi connectivity index (χ1) is 8.72. The third-order valence-corrected chi connectivity index (χ3v) is 3.00. The van der Waals surface area contributed by atoms with Gasteiger partial charge >= 0.3 is 0 Å². The summed E-state index contributed by atoms with van der Waals surface area (Å²) >= 11 is 0. The van der Waals surface area contributed by atoms with E-state index in [1.54, 1.807) is 6.07 Å². The summed E-state index contributed by atoms with van der Waals surface area (Å²) in [7, 11) is 0. The molecule has 0 bridgehead atoms. The number of hydrogen-bond acceptors (Lipinski definition) is 3. The highest BCUT2D eigenvalue weighted by atomic mass is 16.5. The van der Waals surface area contributed by atoms with E-state index in [2.05, 4.69) is 13.8 Å². The molecule has 1 aromatic carbocycles. The summed E-state index contributed by atoms with van der Waals surface area (Å²) in [5.41, 5.74) is 1.79. The molecule has 0 radical (unpaired) electrons. The largest absolute Gasteiger partial charge is 0.491 e. The molecular formula is C15H22O3. The Morgan fingerprint density at radius 1 is 1.28 bits per heavy atom. The Hall–Kier alpha value is -1.35. The summed E-state index contributed by atoms with van der Waals surface area (Å²) in [5.74, 6) is 1.24. The zero-order chi connectivity index (χ0) is 13.4. The summed E-state index contributed by atoms with van der Waals surface area (Å²) in [6, 6.07) is 5.57. The third kappa shape index (κ3) is 4.15. The molecule has 3 nitrogen and oxygen atoms in total. The normalized spacial score (nSPS) is 12.2. The van der Waals surface area contributed by atoms with Gasteiger partial charge in [0, 0.05) is 12.2 Å². The van der Waals surface area contributed by atoms with Crippen LogP contribution >= 0.6 is 0 Å². The summed E-state index contributed by atoms with van der Waals surface area (Å²) in [6.07, 6.45) is 1.89. The maximum absolute atomic E-state index is 10.8. The smallest absolute Gasteiger partial charge is 0.150 e. The van der Waals surface area contributed by atoms with Crippen molar-refractivity contribution in [2.75, 3.05) is 19.8 Å². The van der Waals surface area contributed by atoms with E-state index in [1.807, 2.05) is 19.1 Å². The van der Waals surface area contributed by atoms with Gasteiger partial charge in [-0.1, -0.05) is 13.8 Å². The number of aldehydes is 1. The number of ether oxygens (including phenoxy) is 2. The van der Waals surface area contributed by atoms with Gasteiger partial charge in [-0.3, -0.25) is 4.79 Å². The van der Waals surface area contributed by atoms with Crippen molar-refractivity contribution in [2.24, 2.45) is 0 Å². The molecule has 0 spiro atoms. The molecule has 3 heteroatoms. The number of rotatable bonds is 8. The van der Waals surface area contributed by atoms with Crippen LogP contribution in [0.4, 0.5) is 0 Å². The first-order valence-corrected chi connectivity index (χ1v) is 6.52. The van der Waals surface area contributed by atoms with Crippen LogP contribution in [0.25, 0.3) is 0 Å². The van der Waals surface area contributed by atoms with E-state index in [0.29, 0.717) is 31.3 Å². The zero-order valence-electron chi connectivity index (χ0n) is 11.4. The van der Waals surface area contributed by atoms with Crippen LogP contribution in [-0.4, -0.2) is 26.1 Å². The van der Waals surface area contributed by atoms with Gasteiger partial charge < -0.3 is 9.47 Å². The predicted octanol–water partition coefficient (Wildman–Crippen LogP) is 3.43. The van der Waals surface area contributed by atoms with Crippen molar-refractivity contribution in [2.45, 2.75) is 33.1 Å². The maximum atomic E-state index is 10.8. The summed E-state index contributed by atoms with van der Waals surface area (Å²) in [4.78, 5) is 10.8. The molecule has 1 unspecified atom stereocenters. The third-order valence-electron chi connectivity index (χ3n) is 3.00. The lowest BCUT2D eigenvalue weighted by Crippen LogP contribution is -2.08. The van der Waals surface area contributed by atoms with Gasteiger partial charge in [-0.2, -0.15) is 0 Å². The molecule has 0 heterocycles. The minimum Gasteiger partial charge on any atom is -0.491 e. The molecule has 1 atom stereocenters. The Morgan fingerprint density at radius 3 is 2.67 bits per heavy atom. The highest BCUT2D eigenvalue weighted by molar-refractivity contribution is 5.75. The molecule has 0 aliphatic carbocycles. The molecule has 0 amide bonds. The Bertz CT molecular complexity index is 374. The highest BCUT2D eigenvalue weighted by Gasteiger charge is 2.11. The first kappa shape index (κ1) is 14.7. The standard InChI is InChI=1S/C15H22O3/c1-4-12(3)14-10-13(11-16)6-7-15(14)18-9-8-17-5-2/h6-7,10-12H,4-5,8-9H2,1-3H3. The number of carbonyl (C=O) groups excluding carboxylic acids is 1. The summed E-state index contributed by atoms with van der Waals surface area (Å²) in [5, 5.41) is 0. The van der Waals surface area contributed by atoms with Crippen LogP contribution in [0.15, 0.2) is 18.2 Å². The van der Waals surface area contributed by atoms with Gasteiger partial charge in [-0.05, 0) is 43.0 Å². The van der Waals surface area contributed by atoms with Crippen molar-refractivity contribution in [3.8, 4) is 5.75 Å². The Balaban J connectivity index is 2.78. The fourth-order valence-corrected chi connectivity index (χ4v) is 1.73. The van der Waals surface area contributed by atoms with Crippen LogP contribution in [0.2, 0.25) is 0 Å². The van der Waals surface area contributed by atoms with Crippen LogP contribution in [0.5, 0.6) is 5.75 Å². The molecule has 1 rings (SSSR count). The monoisotopic (exact) mass is 250 g/mol. The van der Waals surface area contributed by atoms with Gasteiger partial charge in [0.05, 0.1) is 6.61 Å². The first-order valence-electron chi connectivity index (χ1n) is 6.52. The van der Waals surface area contributed by atoms with E-state index in [1.165, 1.54) is 0 Å². The lowest BCUT2D eigenvalue weighted by atomic mass is 9.96. The lowest BCUT2D eigenvalue weighted by molar-refractivity contribution is 0.109. The predicted molar refractivity (Wildman–Crippen MR) is 72.5 cm³/mol. The van der Waals surface area contributed by atoms with E-state index in [-0.39, 0.29) is 0 Å². The molecule has 0 aromatic heterocycles. The summed E-state index contributed by atoms with van der Waals surface area (Å²) < 4.78 is 11.0. The molecule has 1 aromatic rings. The van der Waals surface area contributed by atoms with Gasteiger partial charge in [0.1, 0.15) is 18.6 Å². The highest BCUT2D eigenvalue weighted by Crippen LogP contribution is 2.29. The van der Waals surface area contributed by atoms with Gasteiger partial charge in [0.2, 0.25) is 0 Å². The van der Waals surface area contributed by atoms with Crippen LogP contribution in [0.3, 0.4) is 0 Å². The van der Waals surface area contributed by atoms with Crippen molar-refractivity contribution in [1.29, 1.82) is 0 Å². The Morgan fingerprint density at radius 2 is 2.06 bits per heavy atom. The van der Waals surface area contributed by atoms with Crippen LogP contribution in [-0.2, 0) is 4.74 Å². The Kier molecular flexibility index (Phi) is 6.44. The molecule has 0 saturated heterocycles. The van der Waals surface area contributed by atoms with Gasteiger partial charge in [0.25, 0.3) is 0 Å². The maximum Gasteiger partial charge on any atom is 0.150 e. The fraction of sp³-hybridized carbons (Fsp3) is 0.533. The molecule has 0 aliphatic rings. The molecule has 100 valence electrons. The van der Waals surface area contributed by atoms with Gasteiger partial charge in [0.15, 0.2) is 0 Å². The van der Waals surface area contributed by atoms with E-state index >= 15 is 0 Å². The minimum atomic E-state index is 0.381. The molecule has 0 N–H and O–H groups in total. The Labute approximate surface area is 109 Å². The minimum absolute atomic E-state index is 0.381. The second-order valence-corrected chi connectivity index (χ2v) is 4.27. The van der Waals surface area contributed by atoms with Gasteiger partial charge in [-0.25, -0.2) is 0 Å². The van der Waals surface area contributed by atoms with Crippen molar-refractivity contribution >= 4 is 6.29 Å². The zero-order valence-corrected chi connectivity index (χ0v) is 11.4. The van der Waals surface area contributed by atoms with E-state index in [4.69, 9.17) is 9.47 Å². The lowest BCUT2D eigenvalue weighted by Gasteiger charge is -2.16. The summed E-state index contributed by atoms with van der Waals surface area (Å²) in [6.45, 7) is 8.06. The van der Waals surface area contributed by atoms with E-state index in [9.17, 15) is 4.79 Å². The quantitative estimate of drug-likeness (QED) is 0.524. The number of benzene rings is 1. The molecule has 18 heavy (non-hydrogen) atoms. The SMILES string of the molecule is CCOCCOc1ccc(C=O)cc1C(C)CC. The molecule has 0 aliphatic heterocycles. The topological polar surface area (TPSA) is 35.5 Å². The second-order valence-electron chi connectivity index (χ2n) is 4.27. The van der Waals surface area contributed by atoms with Crippen molar-refractivity contribution in [3.63, 3.8) is 0 Å². The molecule has 0 saturated carbocycles. The van der Waals surface area contributed by atoms with Gasteiger partial charge in [-0.15, -0.1) is 0 Å². The molecule has 0 fully saturated rings. The second kappa shape index (κ2) is 7.88. The van der Waals surface area contributed by atoms with Crippen LogP contribution < -0.4 is 4.74 Å². The molecular weight excluding hydrogens is 228 g/mol. The van der Waals surface area contributed by atoms with Crippen LogP contribution in [0.1, 0.15) is 49.0 Å². The fourth-order valence-electron chi connectivity index (χ4n) is 1.73. The van der Waals surface area contributed by atoms with Crippen molar-refractivity contribution < 1.29 is 14.3 Å². The van der Waals surface area contributed by atoms with Crippen molar-refractivity contribution in [3.05, 3.63) is 29.3 Å². The van der Waals surface area contributed by atoms with Crippen molar-refractivity contribution in [1.82, 2.24) is 0 Å². The average Bonchev–Trinajstić information content (AvgIpc) is 2.42.